The highest BCUT2D eigenvalue weighted by molar-refractivity contribution is 5.67. The summed E-state index contributed by atoms with van der Waals surface area (Å²) in [6.45, 7) is 10.4. The Morgan fingerprint density at radius 1 is 1.29 bits per heavy atom. The quantitative estimate of drug-likeness (QED) is 0.661. The molecule has 0 saturated carbocycles. The van der Waals surface area contributed by atoms with Crippen LogP contribution in [0, 0.1) is 5.92 Å². The number of ether oxygens (including phenoxy) is 1. The Labute approximate surface area is 87.4 Å². The summed E-state index contributed by atoms with van der Waals surface area (Å²) in [6, 6.07) is 0. The van der Waals surface area contributed by atoms with Gasteiger partial charge in [0.05, 0.1) is 6.61 Å². The minimum Gasteiger partial charge on any atom is -0.449 e. The van der Waals surface area contributed by atoms with Gasteiger partial charge in [-0.25, -0.2) is 4.79 Å². The Bertz CT molecular complexity index is 157. The fourth-order valence-corrected chi connectivity index (χ4v) is 1.25. The van der Waals surface area contributed by atoms with Crippen LogP contribution in [0.1, 0.15) is 40.5 Å². The van der Waals surface area contributed by atoms with E-state index in [1.165, 1.54) is 0 Å². The molecule has 0 saturated heterocycles. The third-order valence-corrected chi connectivity index (χ3v) is 1.77. The predicted molar refractivity (Wildman–Crippen MR) is 58.3 cm³/mol. The summed E-state index contributed by atoms with van der Waals surface area (Å²) in [6.07, 6.45) is 1.70. The molecule has 1 amide bonds. The van der Waals surface area contributed by atoms with E-state index >= 15 is 0 Å². The maximum absolute atomic E-state index is 11.5. The third kappa shape index (κ3) is 5.84. The normalized spacial score (nSPS) is 10.4. The Morgan fingerprint density at radius 3 is 2.36 bits per heavy atom. The monoisotopic (exact) mass is 201 g/mol. The van der Waals surface area contributed by atoms with Gasteiger partial charge in [0.1, 0.15) is 0 Å². The molecular weight excluding hydrogens is 178 g/mol. The largest absolute Gasteiger partial charge is 0.449 e. The Balaban J connectivity index is 3.97. The molecule has 0 heterocycles. The number of amides is 1. The average molecular weight is 201 g/mol. The third-order valence-electron chi connectivity index (χ3n) is 1.77. The molecule has 0 rings (SSSR count). The van der Waals surface area contributed by atoms with Gasteiger partial charge in [-0.2, -0.15) is 0 Å². The molecule has 3 nitrogen and oxygen atoms in total. The van der Waals surface area contributed by atoms with Crippen LogP contribution >= 0.6 is 0 Å². The standard InChI is InChI=1S/C11H23NO2/c1-5-7-12(9-10(3)4)11(13)14-8-6-2/h10H,5-9H2,1-4H3. The van der Waals surface area contributed by atoms with Crippen molar-refractivity contribution in [1.29, 1.82) is 0 Å². The summed E-state index contributed by atoms with van der Waals surface area (Å²) >= 11 is 0. The molecule has 0 N–H and O–H groups in total. The van der Waals surface area contributed by atoms with Crippen LogP contribution in [0.15, 0.2) is 0 Å². The number of rotatable bonds is 6. The van der Waals surface area contributed by atoms with Gasteiger partial charge in [0.25, 0.3) is 0 Å². The lowest BCUT2D eigenvalue weighted by Gasteiger charge is -2.23. The van der Waals surface area contributed by atoms with E-state index in [2.05, 4.69) is 20.8 Å². The molecule has 3 heteroatoms. The number of carbonyl (C=O) groups excluding carboxylic acids is 1. The lowest BCUT2D eigenvalue weighted by atomic mass is 10.2. The van der Waals surface area contributed by atoms with Crippen LogP contribution in [0.5, 0.6) is 0 Å². The van der Waals surface area contributed by atoms with Crippen molar-refractivity contribution in [3.05, 3.63) is 0 Å². The van der Waals surface area contributed by atoms with Gasteiger partial charge in [-0.1, -0.05) is 27.7 Å². The second-order valence-corrected chi connectivity index (χ2v) is 3.95. The van der Waals surface area contributed by atoms with Gasteiger partial charge >= 0.3 is 6.09 Å². The second-order valence-electron chi connectivity index (χ2n) is 3.95. The van der Waals surface area contributed by atoms with Crippen LogP contribution in [-0.2, 0) is 4.74 Å². The van der Waals surface area contributed by atoms with Gasteiger partial charge in [-0.05, 0) is 18.8 Å². The van der Waals surface area contributed by atoms with E-state index in [-0.39, 0.29) is 6.09 Å². The Kier molecular flexibility index (Phi) is 7.25. The molecule has 0 aliphatic carbocycles. The van der Waals surface area contributed by atoms with Crippen molar-refractivity contribution in [2.45, 2.75) is 40.5 Å². The predicted octanol–water partition coefficient (Wildman–Crippen LogP) is 2.90. The maximum atomic E-state index is 11.5. The summed E-state index contributed by atoms with van der Waals surface area (Å²) in [7, 11) is 0. The van der Waals surface area contributed by atoms with Gasteiger partial charge in [-0.15, -0.1) is 0 Å². The van der Waals surface area contributed by atoms with Crippen LogP contribution in [0.3, 0.4) is 0 Å². The van der Waals surface area contributed by atoms with Crippen LogP contribution < -0.4 is 0 Å². The minimum atomic E-state index is -0.164. The summed E-state index contributed by atoms with van der Waals surface area (Å²) < 4.78 is 5.09. The van der Waals surface area contributed by atoms with Crippen molar-refractivity contribution in [3.8, 4) is 0 Å². The first-order valence-electron chi connectivity index (χ1n) is 5.53. The number of hydrogen-bond donors (Lipinski definition) is 0. The van der Waals surface area contributed by atoms with Crippen LogP contribution in [0.25, 0.3) is 0 Å². The second kappa shape index (κ2) is 7.65. The van der Waals surface area contributed by atoms with Crippen molar-refractivity contribution < 1.29 is 9.53 Å². The topological polar surface area (TPSA) is 29.5 Å². The molecule has 0 aromatic rings. The molecule has 0 aromatic heterocycles. The first-order chi connectivity index (χ1) is 6.61. The Morgan fingerprint density at radius 2 is 1.93 bits per heavy atom. The molecule has 0 aliphatic rings. The molecule has 0 fully saturated rings. The summed E-state index contributed by atoms with van der Waals surface area (Å²) in [4.78, 5) is 13.3. The van der Waals surface area contributed by atoms with E-state index in [0.717, 1.165) is 25.9 Å². The molecule has 0 atom stereocenters. The Hall–Kier alpha value is -0.730. The molecule has 0 aromatic carbocycles. The molecule has 0 spiro atoms. The smallest absolute Gasteiger partial charge is 0.409 e. The molecular formula is C11H23NO2. The molecule has 0 aliphatic heterocycles. The zero-order valence-corrected chi connectivity index (χ0v) is 9.88. The SMILES string of the molecule is CCCOC(=O)N(CCC)CC(C)C. The van der Waals surface area contributed by atoms with E-state index in [4.69, 9.17) is 4.74 Å². The van der Waals surface area contributed by atoms with Gasteiger partial charge < -0.3 is 9.64 Å². The average Bonchev–Trinajstić information content (AvgIpc) is 2.13. The highest BCUT2D eigenvalue weighted by Crippen LogP contribution is 2.02. The summed E-state index contributed by atoms with van der Waals surface area (Å²) in [5, 5.41) is 0. The highest BCUT2D eigenvalue weighted by Gasteiger charge is 2.14. The first kappa shape index (κ1) is 13.3. The highest BCUT2D eigenvalue weighted by atomic mass is 16.6. The molecule has 14 heavy (non-hydrogen) atoms. The zero-order valence-electron chi connectivity index (χ0n) is 9.88. The van der Waals surface area contributed by atoms with E-state index < -0.39 is 0 Å². The number of hydrogen-bond acceptors (Lipinski definition) is 2. The fraction of sp³-hybridized carbons (Fsp3) is 0.909. The van der Waals surface area contributed by atoms with Crippen LogP contribution in [0.2, 0.25) is 0 Å². The van der Waals surface area contributed by atoms with Crippen molar-refractivity contribution in [3.63, 3.8) is 0 Å². The van der Waals surface area contributed by atoms with Gasteiger partial charge in [0.15, 0.2) is 0 Å². The molecule has 0 unspecified atom stereocenters. The van der Waals surface area contributed by atoms with Crippen LogP contribution in [-0.4, -0.2) is 30.7 Å². The van der Waals surface area contributed by atoms with E-state index in [9.17, 15) is 4.79 Å². The molecule has 84 valence electrons. The zero-order chi connectivity index (χ0) is 11.0. The van der Waals surface area contributed by atoms with Crippen LogP contribution in [0.4, 0.5) is 4.79 Å². The molecule has 0 bridgehead atoms. The van der Waals surface area contributed by atoms with Crippen molar-refractivity contribution in [2.75, 3.05) is 19.7 Å². The van der Waals surface area contributed by atoms with Gasteiger partial charge in [0.2, 0.25) is 0 Å². The van der Waals surface area contributed by atoms with Crippen molar-refractivity contribution >= 4 is 6.09 Å². The lowest BCUT2D eigenvalue weighted by Crippen LogP contribution is -2.35. The number of carbonyl (C=O) groups is 1. The van der Waals surface area contributed by atoms with E-state index in [1.54, 1.807) is 4.90 Å². The summed E-state index contributed by atoms with van der Waals surface area (Å²) in [5.41, 5.74) is 0. The van der Waals surface area contributed by atoms with Gasteiger partial charge in [0, 0.05) is 13.1 Å². The van der Waals surface area contributed by atoms with Crippen molar-refractivity contribution in [2.24, 2.45) is 5.92 Å². The van der Waals surface area contributed by atoms with E-state index in [1.807, 2.05) is 6.92 Å². The first-order valence-corrected chi connectivity index (χ1v) is 5.53. The summed E-state index contributed by atoms with van der Waals surface area (Å²) in [5.74, 6) is 0.496. The minimum absolute atomic E-state index is 0.164. The van der Waals surface area contributed by atoms with Gasteiger partial charge in [-0.3, -0.25) is 0 Å². The molecule has 0 radical (unpaired) electrons. The maximum Gasteiger partial charge on any atom is 0.409 e. The van der Waals surface area contributed by atoms with E-state index in [0.29, 0.717) is 12.5 Å². The number of nitrogens with zero attached hydrogens (tertiary/aromatic N) is 1. The van der Waals surface area contributed by atoms with Crippen molar-refractivity contribution in [1.82, 2.24) is 4.90 Å². The lowest BCUT2D eigenvalue weighted by molar-refractivity contribution is 0.0979. The fourth-order valence-electron chi connectivity index (χ4n) is 1.25.